The monoisotopic (exact) mass is 289 g/mol. The van der Waals surface area contributed by atoms with E-state index in [0.717, 1.165) is 12.2 Å². The summed E-state index contributed by atoms with van der Waals surface area (Å²) in [7, 11) is 1.67. The van der Waals surface area contributed by atoms with Crippen molar-refractivity contribution in [3.05, 3.63) is 10.6 Å². The minimum atomic E-state index is -2.33. The molecule has 2 rings (SSSR count). The standard InChI is InChI=1S/C13H21F2N3S/c1-8(2)12-10(6-16-9-4-5-9)19-13(17-12)18(3)7-11(14)15/h8-9,11,16H,4-7H2,1-3H3. The van der Waals surface area contributed by atoms with Gasteiger partial charge in [-0.25, -0.2) is 13.8 Å². The number of aromatic nitrogens is 1. The summed E-state index contributed by atoms with van der Waals surface area (Å²) < 4.78 is 24.8. The molecule has 1 N–H and O–H groups in total. The first-order valence-electron chi connectivity index (χ1n) is 6.69. The quantitative estimate of drug-likeness (QED) is 0.835. The van der Waals surface area contributed by atoms with Gasteiger partial charge in [-0.1, -0.05) is 13.8 Å². The fourth-order valence-electron chi connectivity index (χ4n) is 1.90. The number of hydrogen-bond donors (Lipinski definition) is 1. The Morgan fingerprint density at radius 1 is 1.42 bits per heavy atom. The summed E-state index contributed by atoms with van der Waals surface area (Å²) in [5, 5.41) is 4.16. The molecule has 0 bridgehead atoms. The van der Waals surface area contributed by atoms with Crippen molar-refractivity contribution < 1.29 is 8.78 Å². The fourth-order valence-corrected chi connectivity index (χ4v) is 3.04. The molecule has 0 amide bonds. The second-order valence-corrected chi connectivity index (χ2v) is 6.45. The maximum atomic E-state index is 12.4. The Morgan fingerprint density at radius 3 is 2.63 bits per heavy atom. The van der Waals surface area contributed by atoms with Gasteiger partial charge in [-0.15, -0.1) is 11.3 Å². The lowest BCUT2D eigenvalue weighted by atomic mass is 10.1. The van der Waals surface area contributed by atoms with Crippen LogP contribution in [0.1, 0.15) is 43.2 Å². The Morgan fingerprint density at radius 2 is 2.11 bits per heavy atom. The molecule has 1 aromatic rings. The zero-order chi connectivity index (χ0) is 14.0. The van der Waals surface area contributed by atoms with Gasteiger partial charge in [0.05, 0.1) is 12.2 Å². The van der Waals surface area contributed by atoms with Gasteiger partial charge >= 0.3 is 0 Å². The van der Waals surface area contributed by atoms with Gasteiger partial charge in [0.1, 0.15) is 0 Å². The molecular weight excluding hydrogens is 268 g/mol. The van der Waals surface area contributed by atoms with E-state index >= 15 is 0 Å². The van der Waals surface area contributed by atoms with E-state index in [9.17, 15) is 8.78 Å². The summed E-state index contributed by atoms with van der Waals surface area (Å²) >= 11 is 1.53. The minimum absolute atomic E-state index is 0.263. The maximum Gasteiger partial charge on any atom is 0.255 e. The molecule has 1 fully saturated rings. The summed E-state index contributed by atoms with van der Waals surface area (Å²) in [5.41, 5.74) is 1.04. The van der Waals surface area contributed by atoms with Crippen molar-refractivity contribution in [3.63, 3.8) is 0 Å². The topological polar surface area (TPSA) is 28.2 Å². The largest absolute Gasteiger partial charge is 0.345 e. The molecule has 0 unspecified atom stereocenters. The number of anilines is 1. The van der Waals surface area contributed by atoms with Crippen molar-refractivity contribution in [2.75, 3.05) is 18.5 Å². The summed E-state index contributed by atoms with van der Waals surface area (Å²) in [6.07, 6.45) is 0.159. The van der Waals surface area contributed by atoms with Gasteiger partial charge in [-0.05, 0) is 18.8 Å². The molecule has 108 valence electrons. The van der Waals surface area contributed by atoms with Crippen LogP contribution in [0, 0.1) is 0 Å². The van der Waals surface area contributed by atoms with Crippen molar-refractivity contribution in [2.24, 2.45) is 0 Å². The third-order valence-electron chi connectivity index (χ3n) is 3.13. The molecular formula is C13H21F2N3S. The molecule has 1 aromatic heterocycles. The number of nitrogens with one attached hydrogen (secondary N) is 1. The molecule has 0 saturated heterocycles. The number of halogens is 2. The molecule has 0 radical (unpaired) electrons. The lowest BCUT2D eigenvalue weighted by molar-refractivity contribution is 0.156. The predicted octanol–water partition coefficient (Wildman–Crippen LogP) is 3.22. The highest BCUT2D eigenvalue weighted by molar-refractivity contribution is 7.15. The van der Waals surface area contributed by atoms with E-state index in [-0.39, 0.29) is 6.54 Å². The predicted molar refractivity (Wildman–Crippen MR) is 75.3 cm³/mol. The number of thiazole rings is 1. The second kappa shape index (κ2) is 6.13. The molecule has 1 heterocycles. The molecule has 1 saturated carbocycles. The van der Waals surface area contributed by atoms with Gasteiger partial charge in [0.25, 0.3) is 6.43 Å². The van der Waals surface area contributed by atoms with E-state index in [1.54, 1.807) is 11.9 Å². The Labute approximate surface area is 117 Å². The van der Waals surface area contributed by atoms with Crippen molar-refractivity contribution in [1.29, 1.82) is 0 Å². The van der Waals surface area contributed by atoms with E-state index in [1.807, 2.05) is 0 Å². The number of hydrogen-bond acceptors (Lipinski definition) is 4. The van der Waals surface area contributed by atoms with Gasteiger partial charge in [0.15, 0.2) is 5.13 Å². The lowest BCUT2D eigenvalue weighted by Crippen LogP contribution is -2.23. The van der Waals surface area contributed by atoms with Crippen molar-refractivity contribution in [2.45, 2.75) is 51.6 Å². The molecule has 0 atom stereocenters. The zero-order valence-corrected chi connectivity index (χ0v) is 12.4. The van der Waals surface area contributed by atoms with Crippen LogP contribution >= 0.6 is 11.3 Å². The molecule has 3 nitrogen and oxygen atoms in total. The van der Waals surface area contributed by atoms with E-state index in [4.69, 9.17) is 0 Å². The summed E-state index contributed by atoms with van der Waals surface area (Å²) in [4.78, 5) is 7.25. The molecule has 0 aromatic carbocycles. The maximum absolute atomic E-state index is 12.4. The van der Waals surface area contributed by atoms with E-state index < -0.39 is 6.43 Å². The van der Waals surface area contributed by atoms with Gasteiger partial charge in [0.2, 0.25) is 0 Å². The Kier molecular flexibility index (Phi) is 4.73. The van der Waals surface area contributed by atoms with Crippen LogP contribution in [0.15, 0.2) is 0 Å². The molecule has 0 aliphatic heterocycles. The number of rotatable bonds is 7. The minimum Gasteiger partial charge on any atom is -0.345 e. The van der Waals surface area contributed by atoms with Crippen LogP contribution in [0.25, 0.3) is 0 Å². The average Bonchev–Trinajstić information content (AvgIpc) is 3.03. The van der Waals surface area contributed by atoms with Crippen molar-refractivity contribution in [1.82, 2.24) is 10.3 Å². The number of nitrogens with zero attached hydrogens (tertiary/aromatic N) is 2. The SMILES string of the molecule is CC(C)c1nc(N(C)CC(F)F)sc1CNC1CC1. The molecule has 1 aliphatic carbocycles. The highest BCUT2D eigenvalue weighted by Gasteiger charge is 2.23. The third kappa shape index (κ3) is 4.11. The van der Waals surface area contributed by atoms with E-state index in [2.05, 4.69) is 24.1 Å². The van der Waals surface area contributed by atoms with Crippen LogP contribution in [0.2, 0.25) is 0 Å². The zero-order valence-electron chi connectivity index (χ0n) is 11.6. The first-order valence-corrected chi connectivity index (χ1v) is 7.51. The summed E-state index contributed by atoms with van der Waals surface area (Å²) in [6.45, 7) is 4.72. The first kappa shape index (κ1) is 14.7. The van der Waals surface area contributed by atoms with Crippen LogP contribution < -0.4 is 10.2 Å². The Balaban J connectivity index is 2.08. The smallest absolute Gasteiger partial charge is 0.255 e. The molecule has 1 aliphatic rings. The van der Waals surface area contributed by atoms with Crippen LogP contribution in [-0.4, -0.2) is 31.0 Å². The van der Waals surface area contributed by atoms with Gasteiger partial charge in [-0.2, -0.15) is 0 Å². The third-order valence-corrected chi connectivity index (χ3v) is 4.32. The van der Waals surface area contributed by atoms with Gasteiger partial charge in [0, 0.05) is 24.5 Å². The Hall–Kier alpha value is -0.750. The molecule has 6 heteroatoms. The lowest BCUT2D eigenvalue weighted by Gasteiger charge is -2.14. The Bertz CT molecular complexity index is 416. The van der Waals surface area contributed by atoms with Crippen molar-refractivity contribution >= 4 is 16.5 Å². The highest BCUT2D eigenvalue weighted by Crippen LogP contribution is 2.31. The fraction of sp³-hybridized carbons (Fsp3) is 0.769. The van der Waals surface area contributed by atoms with Gasteiger partial charge in [-0.3, -0.25) is 0 Å². The van der Waals surface area contributed by atoms with Crippen molar-refractivity contribution in [3.8, 4) is 0 Å². The van der Waals surface area contributed by atoms with E-state index in [1.165, 1.54) is 29.1 Å². The van der Waals surface area contributed by atoms with Crippen LogP contribution in [0.5, 0.6) is 0 Å². The van der Waals surface area contributed by atoms with Crippen LogP contribution in [-0.2, 0) is 6.54 Å². The van der Waals surface area contributed by atoms with E-state index in [0.29, 0.717) is 17.1 Å². The van der Waals surface area contributed by atoms with Crippen LogP contribution in [0.3, 0.4) is 0 Å². The summed E-state index contributed by atoms with van der Waals surface area (Å²) in [5.74, 6) is 0.320. The molecule has 0 spiro atoms. The molecule has 19 heavy (non-hydrogen) atoms. The van der Waals surface area contributed by atoms with Crippen LogP contribution in [0.4, 0.5) is 13.9 Å². The number of alkyl halides is 2. The first-order chi connectivity index (χ1) is 8.97. The summed E-state index contributed by atoms with van der Waals surface area (Å²) in [6, 6.07) is 0.643. The normalized spacial score (nSPS) is 15.5. The average molecular weight is 289 g/mol. The van der Waals surface area contributed by atoms with Gasteiger partial charge < -0.3 is 10.2 Å². The highest BCUT2D eigenvalue weighted by atomic mass is 32.1. The second-order valence-electron chi connectivity index (χ2n) is 5.39.